The number of alkyl halides is 3. The molecule has 4 nitrogen and oxygen atoms in total. The molecule has 2 heterocycles. The standard InChI is InChI=1S/C14H12ClF3N2O2/c15-11-9-6-8(21)2-3-10(9)19-13(20-4-1-5-20)12(11)22-7-14(16,17)18/h2-3,6,21H,1,4-5,7H2. The lowest BCUT2D eigenvalue weighted by Gasteiger charge is -2.33. The van der Waals surface area contributed by atoms with Gasteiger partial charge < -0.3 is 14.7 Å². The van der Waals surface area contributed by atoms with E-state index < -0.39 is 12.8 Å². The zero-order chi connectivity index (χ0) is 15.9. The van der Waals surface area contributed by atoms with Crippen molar-refractivity contribution in [1.29, 1.82) is 0 Å². The lowest BCUT2D eigenvalue weighted by molar-refractivity contribution is -0.153. The fraction of sp³-hybridized carbons (Fsp3) is 0.357. The molecule has 2 aromatic rings. The second-order valence-electron chi connectivity index (χ2n) is 5.02. The zero-order valence-electron chi connectivity index (χ0n) is 11.3. The summed E-state index contributed by atoms with van der Waals surface area (Å²) in [6.07, 6.45) is -3.53. The Morgan fingerprint density at radius 1 is 1.32 bits per heavy atom. The number of aromatic nitrogens is 1. The van der Waals surface area contributed by atoms with E-state index in [0.717, 1.165) is 6.42 Å². The Kier molecular flexibility index (Phi) is 3.68. The number of benzene rings is 1. The highest BCUT2D eigenvalue weighted by Crippen LogP contribution is 2.42. The van der Waals surface area contributed by atoms with E-state index in [-0.39, 0.29) is 16.5 Å². The molecule has 0 atom stereocenters. The molecule has 1 fully saturated rings. The lowest BCUT2D eigenvalue weighted by atomic mass is 10.1. The molecular formula is C14H12ClF3N2O2. The van der Waals surface area contributed by atoms with Gasteiger partial charge in [0.15, 0.2) is 18.2 Å². The minimum absolute atomic E-state index is 0.0204. The Bertz CT molecular complexity index is 717. The molecule has 3 rings (SSSR count). The van der Waals surface area contributed by atoms with Gasteiger partial charge in [0.25, 0.3) is 0 Å². The zero-order valence-corrected chi connectivity index (χ0v) is 12.1. The molecule has 22 heavy (non-hydrogen) atoms. The van der Waals surface area contributed by atoms with Crippen molar-refractivity contribution in [2.24, 2.45) is 0 Å². The van der Waals surface area contributed by atoms with Crippen LogP contribution in [-0.4, -0.2) is 36.0 Å². The van der Waals surface area contributed by atoms with E-state index >= 15 is 0 Å². The van der Waals surface area contributed by atoms with Gasteiger partial charge in [0, 0.05) is 18.5 Å². The van der Waals surface area contributed by atoms with Crippen molar-refractivity contribution in [1.82, 2.24) is 4.98 Å². The topological polar surface area (TPSA) is 45.6 Å². The van der Waals surface area contributed by atoms with Gasteiger partial charge in [0.05, 0.1) is 10.5 Å². The van der Waals surface area contributed by atoms with Gasteiger partial charge in [0.1, 0.15) is 5.75 Å². The molecule has 0 spiro atoms. The minimum Gasteiger partial charge on any atom is -0.508 e. The number of phenolic OH excluding ortho intramolecular Hbond substituents is 1. The number of nitrogens with zero attached hydrogens (tertiary/aromatic N) is 2. The number of halogens is 4. The number of hydrogen-bond donors (Lipinski definition) is 1. The third-order valence-electron chi connectivity index (χ3n) is 3.38. The smallest absolute Gasteiger partial charge is 0.422 e. The maximum absolute atomic E-state index is 12.4. The number of anilines is 1. The number of rotatable bonds is 3. The number of hydrogen-bond acceptors (Lipinski definition) is 4. The quantitative estimate of drug-likeness (QED) is 0.930. The number of pyridine rings is 1. The normalized spacial score (nSPS) is 15.0. The van der Waals surface area contributed by atoms with Crippen molar-refractivity contribution < 1.29 is 23.0 Å². The summed E-state index contributed by atoms with van der Waals surface area (Å²) in [5.41, 5.74) is 0.490. The van der Waals surface area contributed by atoms with Crippen LogP contribution in [0.4, 0.5) is 19.0 Å². The number of aromatic hydroxyl groups is 1. The van der Waals surface area contributed by atoms with E-state index in [1.807, 2.05) is 4.90 Å². The average molecular weight is 333 g/mol. The molecule has 0 amide bonds. The molecule has 0 bridgehead atoms. The summed E-state index contributed by atoms with van der Waals surface area (Å²) < 4.78 is 42.2. The molecule has 1 aliphatic rings. The molecule has 118 valence electrons. The molecule has 1 aromatic heterocycles. The lowest BCUT2D eigenvalue weighted by Crippen LogP contribution is -2.38. The van der Waals surface area contributed by atoms with Crippen LogP contribution >= 0.6 is 11.6 Å². The van der Waals surface area contributed by atoms with Crippen LogP contribution in [-0.2, 0) is 0 Å². The van der Waals surface area contributed by atoms with Crippen LogP contribution in [0, 0.1) is 0 Å². The van der Waals surface area contributed by atoms with Gasteiger partial charge in [-0.3, -0.25) is 0 Å². The fourth-order valence-electron chi connectivity index (χ4n) is 2.21. The van der Waals surface area contributed by atoms with Gasteiger partial charge in [-0.15, -0.1) is 0 Å². The molecule has 1 aliphatic heterocycles. The van der Waals surface area contributed by atoms with E-state index in [2.05, 4.69) is 4.98 Å². The van der Waals surface area contributed by atoms with Gasteiger partial charge >= 0.3 is 6.18 Å². The molecule has 8 heteroatoms. The first-order valence-corrected chi connectivity index (χ1v) is 7.00. The maximum Gasteiger partial charge on any atom is 0.422 e. The van der Waals surface area contributed by atoms with E-state index in [9.17, 15) is 18.3 Å². The Morgan fingerprint density at radius 3 is 2.64 bits per heavy atom. The molecule has 0 unspecified atom stereocenters. The largest absolute Gasteiger partial charge is 0.508 e. The van der Waals surface area contributed by atoms with Crippen molar-refractivity contribution in [2.75, 3.05) is 24.6 Å². The van der Waals surface area contributed by atoms with Crippen molar-refractivity contribution in [2.45, 2.75) is 12.6 Å². The monoisotopic (exact) mass is 332 g/mol. The van der Waals surface area contributed by atoms with Gasteiger partial charge in [0.2, 0.25) is 0 Å². The summed E-state index contributed by atoms with van der Waals surface area (Å²) in [7, 11) is 0. The van der Waals surface area contributed by atoms with E-state index in [1.54, 1.807) is 6.07 Å². The van der Waals surface area contributed by atoms with Crippen LogP contribution < -0.4 is 9.64 Å². The molecule has 0 aliphatic carbocycles. The second-order valence-corrected chi connectivity index (χ2v) is 5.40. The summed E-state index contributed by atoms with van der Waals surface area (Å²) in [5, 5.41) is 9.89. The predicted octanol–water partition coefficient (Wildman–Crippen LogP) is 3.75. The fourth-order valence-corrected chi connectivity index (χ4v) is 2.50. The SMILES string of the molecule is Oc1ccc2nc(N3CCC3)c(OCC(F)(F)F)c(Cl)c2c1. The van der Waals surface area contributed by atoms with Crippen molar-refractivity contribution in [3.8, 4) is 11.5 Å². The Morgan fingerprint density at radius 2 is 2.05 bits per heavy atom. The van der Waals surface area contributed by atoms with E-state index in [4.69, 9.17) is 16.3 Å². The molecule has 0 radical (unpaired) electrons. The second kappa shape index (κ2) is 5.39. The van der Waals surface area contributed by atoms with Crippen molar-refractivity contribution in [3.05, 3.63) is 23.2 Å². The first-order valence-electron chi connectivity index (χ1n) is 6.62. The van der Waals surface area contributed by atoms with Gasteiger partial charge in [-0.05, 0) is 24.6 Å². The third-order valence-corrected chi connectivity index (χ3v) is 3.76. The predicted molar refractivity (Wildman–Crippen MR) is 76.8 cm³/mol. The summed E-state index contributed by atoms with van der Waals surface area (Å²) in [5.74, 6) is 0.158. The summed E-state index contributed by atoms with van der Waals surface area (Å²) >= 11 is 6.20. The average Bonchev–Trinajstić information content (AvgIpc) is 2.36. The molecular weight excluding hydrogens is 321 g/mol. The third kappa shape index (κ3) is 2.85. The number of phenols is 1. The van der Waals surface area contributed by atoms with Crippen LogP contribution in [0.3, 0.4) is 0 Å². The van der Waals surface area contributed by atoms with Crippen LogP contribution in [0.2, 0.25) is 5.02 Å². The molecule has 1 N–H and O–H groups in total. The molecule has 1 aromatic carbocycles. The highest BCUT2D eigenvalue weighted by atomic mass is 35.5. The highest BCUT2D eigenvalue weighted by Gasteiger charge is 2.31. The van der Waals surface area contributed by atoms with Gasteiger partial charge in [-0.1, -0.05) is 11.6 Å². The number of fused-ring (bicyclic) bond motifs is 1. The van der Waals surface area contributed by atoms with Gasteiger partial charge in [-0.2, -0.15) is 13.2 Å². The first kappa shape index (κ1) is 15.0. The van der Waals surface area contributed by atoms with Crippen LogP contribution in [0.1, 0.15) is 6.42 Å². The van der Waals surface area contributed by atoms with Crippen LogP contribution in [0.5, 0.6) is 11.5 Å². The maximum atomic E-state index is 12.4. The summed E-state index contributed by atoms with van der Waals surface area (Å²) in [4.78, 5) is 6.15. The Hall–Kier alpha value is -1.89. The summed E-state index contributed by atoms with van der Waals surface area (Å²) in [6.45, 7) is -0.0653. The van der Waals surface area contributed by atoms with E-state index in [1.165, 1.54) is 12.1 Å². The van der Waals surface area contributed by atoms with Crippen molar-refractivity contribution >= 4 is 28.3 Å². The number of ether oxygens (including phenoxy) is 1. The molecule has 0 saturated carbocycles. The molecule has 1 saturated heterocycles. The first-order chi connectivity index (χ1) is 10.3. The Labute approximate surface area is 129 Å². The van der Waals surface area contributed by atoms with E-state index in [0.29, 0.717) is 29.8 Å². The highest BCUT2D eigenvalue weighted by molar-refractivity contribution is 6.37. The van der Waals surface area contributed by atoms with Crippen LogP contribution in [0.25, 0.3) is 10.9 Å². The van der Waals surface area contributed by atoms with Gasteiger partial charge in [-0.25, -0.2) is 4.98 Å². The van der Waals surface area contributed by atoms with Crippen molar-refractivity contribution in [3.63, 3.8) is 0 Å². The minimum atomic E-state index is -4.47. The summed E-state index contributed by atoms with van der Waals surface area (Å²) in [6, 6.07) is 4.36. The van der Waals surface area contributed by atoms with Crippen LogP contribution in [0.15, 0.2) is 18.2 Å². The Balaban J connectivity index is 2.10.